The lowest BCUT2D eigenvalue weighted by Gasteiger charge is -2.08. The summed E-state index contributed by atoms with van der Waals surface area (Å²) in [5, 5.41) is 5.66. The lowest BCUT2D eigenvalue weighted by Crippen LogP contribution is -2.21. The maximum Gasteiger partial charge on any atom is 0.280 e. The highest BCUT2D eigenvalue weighted by Gasteiger charge is 2.08. The highest BCUT2D eigenvalue weighted by atomic mass is 16.5. The summed E-state index contributed by atoms with van der Waals surface area (Å²) in [6, 6.07) is 18.9. The van der Waals surface area contributed by atoms with E-state index in [2.05, 4.69) is 10.1 Å². The highest BCUT2D eigenvalue weighted by molar-refractivity contribution is 5.86. The molecular formula is C20H15N3O2. The van der Waals surface area contributed by atoms with Gasteiger partial charge in [-0.05, 0) is 47.5 Å². The summed E-state index contributed by atoms with van der Waals surface area (Å²) in [7, 11) is 1.64. The van der Waals surface area contributed by atoms with E-state index in [9.17, 15) is 4.79 Å². The quantitative estimate of drug-likeness (QED) is 0.577. The minimum atomic E-state index is -0.187. The van der Waals surface area contributed by atoms with Gasteiger partial charge in [0.1, 0.15) is 5.75 Å². The number of pyridine rings is 1. The van der Waals surface area contributed by atoms with Gasteiger partial charge in [0.05, 0.1) is 18.7 Å². The third-order valence-electron chi connectivity index (χ3n) is 4.06. The van der Waals surface area contributed by atoms with Crippen molar-refractivity contribution in [3.05, 3.63) is 83.4 Å². The van der Waals surface area contributed by atoms with Gasteiger partial charge in [-0.15, -0.1) is 0 Å². The minimum absolute atomic E-state index is 0.187. The predicted molar refractivity (Wildman–Crippen MR) is 97.1 cm³/mol. The van der Waals surface area contributed by atoms with E-state index in [0.717, 1.165) is 22.3 Å². The summed E-state index contributed by atoms with van der Waals surface area (Å²) in [6.07, 6.45) is 3.33. The average molecular weight is 329 g/mol. The maximum atomic E-state index is 12.7. The number of rotatable bonds is 3. The Balaban J connectivity index is 1.84. The number of aromatic nitrogens is 3. The molecule has 0 N–H and O–H groups in total. The van der Waals surface area contributed by atoms with Crippen molar-refractivity contribution in [3.8, 4) is 22.7 Å². The first-order valence-corrected chi connectivity index (χ1v) is 7.84. The molecule has 4 rings (SSSR count). The third kappa shape index (κ3) is 2.76. The van der Waals surface area contributed by atoms with Gasteiger partial charge in [0.15, 0.2) is 5.82 Å². The Morgan fingerprint density at radius 3 is 2.64 bits per heavy atom. The zero-order chi connectivity index (χ0) is 17.2. The van der Waals surface area contributed by atoms with Gasteiger partial charge in [-0.25, -0.2) is 4.98 Å². The highest BCUT2D eigenvalue weighted by Crippen LogP contribution is 2.26. The largest absolute Gasteiger partial charge is 0.497 e. The van der Waals surface area contributed by atoms with E-state index in [1.54, 1.807) is 31.6 Å². The van der Waals surface area contributed by atoms with Gasteiger partial charge in [0.25, 0.3) is 5.56 Å². The first-order chi connectivity index (χ1) is 12.3. The van der Waals surface area contributed by atoms with Crippen LogP contribution in [-0.2, 0) is 0 Å². The monoisotopic (exact) mass is 329 g/mol. The number of hydrogen-bond acceptors (Lipinski definition) is 4. The molecule has 0 spiro atoms. The van der Waals surface area contributed by atoms with Crippen LogP contribution in [0.15, 0.2) is 77.9 Å². The molecule has 0 fully saturated rings. The molecule has 2 heterocycles. The average Bonchev–Trinajstić information content (AvgIpc) is 2.69. The molecule has 122 valence electrons. The van der Waals surface area contributed by atoms with Crippen LogP contribution in [0.5, 0.6) is 5.75 Å². The molecule has 0 unspecified atom stereocenters. The Morgan fingerprint density at radius 1 is 0.960 bits per heavy atom. The van der Waals surface area contributed by atoms with E-state index in [4.69, 9.17) is 4.74 Å². The molecule has 0 radical (unpaired) electrons. The normalized spacial score (nSPS) is 10.8. The topological polar surface area (TPSA) is 57.0 Å². The van der Waals surface area contributed by atoms with Crippen molar-refractivity contribution in [2.45, 2.75) is 0 Å². The molecule has 4 aromatic rings. The van der Waals surface area contributed by atoms with Crippen LogP contribution in [0.2, 0.25) is 0 Å². The van der Waals surface area contributed by atoms with Crippen LogP contribution in [0.3, 0.4) is 0 Å². The summed E-state index contributed by atoms with van der Waals surface area (Å²) in [4.78, 5) is 16.9. The van der Waals surface area contributed by atoms with Crippen molar-refractivity contribution in [1.82, 2.24) is 14.8 Å². The zero-order valence-electron chi connectivity index (χ0n) is 13.6. The minimum Gasteiger partial charge on any atom is -0.497 e. The van der Waals surface area contributed by atoms with Crippen molar-refractivity contribution >= 4 is 10.8 Å². The number of nitrogens with zero attached hydrogens (tertiary/aromatic N) is 3. The maximum absolute atomic E-state index is 12.7. The number of benzene rings is 2. The van der Waals surface area contributed by atoms with E-state index in [0.29, 0.717) is 11.2 Å². The molecule has 0 atom stereocenters. The second-order valence-corrected chi connectivity index (χ2v) is 5.58. The van der Waals surface area contributed by atoms with Gasteiger partial charge in [-0.2, -0.15) is 9.78 Å². The SMILES string of the molecule is COc1cccc(-c2ccc3c(=O)n(-c4ccccn4)ncc3c2)c1. The van der Waals surface area contributed by atoms with Crippen molar-refractivity contribution in [1.29, 1.82) is 0 Å². The van der Waals surface area contributed by atoms with Crippen LogP contribution in [0.1, 0.15) is 0 Å². The van der Waals surface area contributed by atoms with Crippen LogP contribution < -0.4 is 10.3 Å². The molecule has 5 heteroatoms. The predicted octanol–water partition coefficient (Wildman–Crippen LogP) is 3.46. The zero-order valence-corrected chi connectivity index (χ0v) is 13.6. The molecule has 2 aromatic carbocycles. The van der Waals surface area contributed by atoms with Crippen molar-refractivity contribution in [3.63, 3.8) is 0 Å². The first kappa shape index (κ1) is 15.1. The molecule has 0 amide bonds. The van der Waals surface area contributed by atoms with Gasteiger partial charge in [-0.1, -0.05) is 24.3 Å². The Kier molecular flexibility index (Phi) is 3.74. The van der Waals surface area contributed by atoms with Crippen LogP contribution in [0.25, 0.3) is 27.7 Å². The summed E-state index contributed by atoms with van der Waals surface area (Å²) in [5.74, 6) is 1.30. The Hall–Kier alpha value is -3.47. The molecule has 0 bridgehead atoms. The fourth-order valence-corrected chi connectivity index (χ4v) is 2.78. The Morgan fingerprint density at radius 2 is 1.84 bits per heavy atom. The van der Waals surface area contributed by atoms with Crippen LogP contribution >= 0.6 is 0 Å². The Labute approximate surface area is 144 Å². The molecule has 0 saturated carbocycles. The standard InChI is InChI=1S/C20H15N3O2/c1-25-17-6-4-5-14(12-17)15-8-9-18-16(11-15)13-22-23(20(18)24)19-7-2-3-10-21-19/h2-13H,1H3. The lowest BCUT2D eigenvalue weighted by atomic mass is 10.0. The molecule has 5 nitrogen and oxygen atoms in total. The fraction of sp³-hybridized carbons (Fsp3) is 0.0500. The Bertz CT molecular complexity index is 1100. The van der Waals surface area contributed by atoms with Crippen molar-refractivity contribution in [2.24, 2.45) is 0 Å². The lowest BCUT2D eigenvalue weighted by molar-refractivity contribution is 0.415. The number of fused-ring (bicyclic) bond motifs is 1. The summed E-state index contributed by atoms with van der Waals surface area (Å²) in [6.45, 7) is 0. The summed E-state index contributed by atoms with van der Waals surface area (Å²) >= 11 is 0. The molecule has 0 saturated heterocycles. The molecule has 0 aliphatic heterocycles. The van der Waals surface area contributed by atoms with Crippen LogP contribution in [-0.4, -0.2) is 21.9 Å². The third-order valence-corrected chi connectivity index (χ3v) is 4.06. The van der Waals surface area contributed by atoms with E-state index < -0.39 is 0 Å². The summed E-state index contributed by atoms with van der Waals surface area (Å²) < 4.78 is 6.59. The molecule has 2 aromatic heterocycles. The van der Waals surface area contributed by atoms with Crippen molar-refractivity contribution in [2.75, 3.05) is 7.11 Å². The molecule has 25 heavy (non-hydrogen) atoms. The van der Waals surface area contributed by atoms with Crippen LogP contribution in [0, 0.1) is 0 Å². The van der Waals surface area contributed by atoms with Gasteiger partial charge < -0.3 is 4.74 Å². The second kappa shape index (κ2) is 6.20. The number of hydrogen-bond donors (Lipinski definition) is 0. The fourth-order valence-electron chi connectivity index (χ4n) is 2.78. The van der Waals surface area contributed by atoms with E-state index >= 15 is 0 Å². The first-order valence-electron chi connectivity index (χ1n) is 7.84. The number of ether oxygens (including phenoxy) is 1. The van der Waals surface area contributed by atoms with Gasteiger partial charge >= 0.3 is 0 Å². The smallest absolute Gasteiger partial charge is 0.280 e. The second-order valence-electron chi connectivity index (χ2n) is 5.58. The van der Waals surface area contributed by atoms with E-state index in [1.165, 1.54) is 4.68 Å². The van der Waals surface area contributed by atoms with E-state index in [-0.39, 0.29) is 5.56 Å². The van der Waals surface area contributed by atoms with Gasteiger partial charge in [0, 0.05) is 11.6 Å². The molecular weight excluding hydrogens is 314 g/mol. The number of methoxy groups -OCH3 is 1. The van der Waals surface area contributed by atoms with Crippen molar-refractivity contribution < 1.29 is 4.74 Å². The summed E-state index contributed by atoms with van der Waals surface area (Å²) in [5.41, 5.74) is 1.84. The molecule has 0 aliphatic carbocycles. The van der Waals surface area contributed by atoms with Crippen LogP contribution in [0.4, 0.5) is 0 Å². The van der Waals surface area contributed by atoms with Gasteiger partial charge in [-0.3, -0.25) is 4.79 Å². The van der Waals surface area contributed by atoms with Gasteiger partial charge in [0.2, 0.25) is 0 Å². The van der Waals surface area contributed by atoms with E-state index in [1.807, 2.05) is 48.5 Å². The molecule has 0 aliphatic rings.